The predicted octanol–water partition coefficient (Wildman–Crippen LogP) is 0.253. The van der Waals surface area contributed by atoms with Gasteiger partial charge in [-0.3, -0.25) is 19.7 Å². The molecule has 3 N–H and O–H groups in total. The number of esters is 1. The first-order chi connectivity index (χ1) is 10.9. The van der Waals surface area contributed by atoms with E-state index in [1.54, 1.807) is 24.3 Å². The number of amides is 4. The molecule has 0 aliphatic rings. The number of rotatable bonds is 6. The standard InChI is InChI=1S/C15H19N3O5/c1-10(19)17-12(11-6-4-3-5-7-11)8-14(21)23-9-13(20)18-15(22)16-2/h3-7,12H,8-9H2,1-2H3,(H,17,19)(H2,16,18,20,22)/t12-/m1/s1. The van der Waals surface area contributed by atoms with Crippen molar-refractivity contribution < 1.29 is 23.9 Å². The van der Waals surface area contributed by atoms with E-state index >= 15 is 0 Å². The van der Waals surface area contributed by atoms with Crippen LogP contribution >= 0.6 is 0 Å². The first-order valence-electron chi connectivity index (χ1n) is 6.91. The van der Waals surface area contributed by atoms with Crippen molar-refractivity contribution >= 4 is 23.8 Å². The Hall–Kier alpha value is -2.90. The summed E-state index contributed by atoms with van der Waals surface area (Å²) in [5.74, 6) is -1.70. The molecule has 124 valence electrons. The lowest BCUT2D eigenvalue weighted by Gasteiger charge is -2.17. The summed E-state index contributed by atoms with van der Waals surface area (Å²) in [4.78, 5) is 45.3. The summed E-state index contributed by atoms with van der Waals surface area (Å²) in [5, 5.41) is 6.82. The van der Waals surface area contributed by atoms with Crippen molar-refractivity contribution in [2.75, 3.05) is 13.7 Å². The number of ether oxygens (including phenoxy) is 1. The fourth-order valence-electron chi connectivity index (χ4n) is 1.78. The minimum absolute atomic E-state index is 0.128. The molecule has 0 bridgehead atoms. The Kier molecular flexibility index (Phi) is 7.25. The second kappa shape index (κ2) is 9.19. The summed E-state index contributed by atoms with van der Waals surface area (Å²) in [6.45, 7) is 0.770. The third kappa shape index (κ3) is 7.07. The van der Waals surface area contributed by atoms with Crippen LogP contribution in [0.1, 0.15) is 24.9 Å². The number of imide groups is 1. The van der Waals surface area contributed by atoms with Crippen LogP contribution in [0.2, 0.25) is 0 Å². The van der Waals surface area contributed by atoms with Crippen LogP contribution in [-0.2, 0) is 19.1 Å². The summed E-state index contributed by atoms with van der Waals surface area (Å²) in [6, 6.07) is 7.68. The average molecular weight is 321 g/mol. The Bertz CT molecular complexity index is 574. The van der Waals surface area contributed by atoms with Crippen molar-refractivity contribution in [1.82, 2.24) is 16.0 Å². The number of benzene rings is 1. The summed E-state index contributed by atoms with van der Waals surface area (Å²) in [7, 11) is 1.35. The molecule has 0 heterocycles. The van der Waals surface area contributed by atoms with Crippen molar-refractivity contribution in [1.29, 1.82) is 0 Å². The van der Waals surface area contributed by atoms with Crippen molar-refractivity contribution in [2.45, 2.75) is 19.4 Å². The van der Waals surface area contributed by atoms with E-state index in [1.807, 2.05) is 11.4 Å². The van der Waals surface area contributed by atoms with Gasteiger partial charge in [-0.25, -0.2) is 4.79 Å². The van der Waals surface area contributed by atoms with Crippen LogP contribution in [0, 0.1) is 0 Å². The van der Waals surface area contributed by atoms with Gasteiger partial charge in [-0.15, -0.1) is 0 Å². The molecule has 0 saturated heterocycles. The van der Waals surface area contributed by atoms with E-state index in [0.717, 1.165) is 5.56 Å². The number of hydrogen-bond acceptors (Lipinski definition) is 5. The second-order valence-electron chi connectivity index (χ2n) is 4.66. The zero-order valence-corrected chi connectivity index (χ0v) is 12.9. The normalized spacial score (nSPS) is 11.0. The van der Waals surface area contributed by atoms with Crippen molar-refractivity contribution in [2.24, 2.45) is 0 Å². The first kappa shape index (κ1) is 18.1. The van der Waals surface area contributed by atoms with Gasteiger partial charge in [0.05, 0.1) is 12.5 Å². The molecule has 0 unspecified atom stereocenters. The Labute approximate surface area is 133 Å². The summed E-state index contributed by atoms with van der Waals surface area (Å²) in [6.07, 6.45) is -0.128. The van der Waals surface area contributed by atoms with Gasteiger partial charge < -0.3 is 15.4 Å². The smallest absolute Gasteiger partial charge is 0.321 e. The zero-order chi connectivity index (χ0) is 17.2. The summed E-state index contributed by atoms with van der Waals surface area (Å²) < 4.78 is 4.80. The van der Waals surface area contributed by atoms with E-state index in [4.69, 9.17) is 4.74 Å². The average Bonchev–Trinajstić information content (AvgIpc) is 2.52. The lowest BCUT2D eigenvalue weighted by molar-refractivity contribution is -0.148. The fourth-order valence-corrected chi connectivity index (χ4v) is 1.78. The van der Waals surface area contributed by atoms with Crippen LogP contribution in [0.15, 0.2) is 30.3 Å². The van der Waals surface area contributed by atoms with Crippen LogP contribution in [0.3, 0.4) is 0 Å². The van der Waals surface area contributed by atoms with Crippen LogP contribution in [0.5, 0.6) is 0 Å². The topological polar surface area (TPSA) is 114 Å². The molecular formula is C15H19N3O5. The lowest BCUT2D eigenvalue weighted by atomic mass is 10.0. The van der Waals surface area contributed by atoms with Gasteiger partial charge in [0.25, 0.3) is 5.91 Å². The Morgan fingerprint density at radius 3 is 2.35 bits per heavy atom. The molecule has 1 aromatic rings. The van der Waals surface area contributed by atoms with E-state index in [9.17, 15) is 19.2 Å². The number of hydrogen-bond donors (Lipinski definition) is 3. The molecule has 1 atom stereocenters. The maximum atomic E-state index is 11.8. The molecule has 4 amide bonds. The quantitative estimate of drug-likeness (QED) is 0.650. The van der Waals surface area contributed by atoms with Gasteiger partial charge in [0, 0.05) is 14.0 Å². The van der Waals surface area contributed by atoms with Gasteiger partial charge in [-0.2, -0.15) is 0 Å². The number of urea groups is 1. The highest BCUT2D eigenvalue weighted by atomic mass is 16.5. The molecule has 0 aliphatic heterocycles. The Balaban J connectivity index is 2.55. The maximum Gasteiger partial charge on any atom is 0.321 e. The van der Waals surface area contributed by atoms with Crippen LogP contribution < -0.4 is 16.0 Å². The Morgan fingerprint density at radius 2 is 1.78 bits per heavy atom. The summed E-state index contributed by atoms with van der Waals surface area (Å²) in [5.41, 5.74) is 0.745. The highest BCUT2D eigenvalue weighted by Gasteiger charge is 2.19. The molecule has 0 saturated carbocycles. The number of carbonyl (C=O) groups excluding carboxylic acids is 4. The largest absolute Gasteiger partial charge is 0.455 e. The monoisotopic (exact) mass is 321 g/mol. The van der Waals surface area contributed by atoms with Gasteiger partial charge in [0.2, 0.25) is 5.91 Å². The van der Waals surface area contributed by atoms with E-state index in [2.05, 4.69) is 10.6 Å². The predicted molar refractivity (Wildman–Crippen MR) is 81.2 cm³/mol. The molecule has 0 aromatic heterocycles. The van der Waals surface area contributed by atoms with Crippen LogP contribution in [0.25, 0.3) is 0 Å². The van der Waals surface area contributed by atoms with Crippen LogP contribution in [-0.4, -0.2) is 37.5 Å². The fraction of sp³-hybridized carbons (Fsp3) is 0.333. The van der Waals surface area contributed by atoms with Crippen molar-refractivity contribution in [3.8, 4) is 0 Å². The maximum absolute atomic E-state index is 11.8. The molecule has 8 nitrogen and oxygen atoms in total. The highest BCUT2D eigenvalue weighted by Crippen LogP contribution is 2.17. The molecule has 1 aromatic carbocycles. The van der Waals surface area contributed by atoms with Gasteiger partial charge in [0.1, 0.15) is 0 Å². The zero-order valence-electron chi connectivity index (χ0n) is 12.9. The minimum Gasteiger partial charge on any atom is -0.455 e. The van der Waals surface area contributed by atoms with E-state index in [1.165, 1.54) is 14.0 Å². The van der Waals surface area contributed by atoms with Crippen molar-refractivity contribution in [3.63, 3.8) is 0 Å². The third-order valence-corrected chi connectivity index (χ3v) is 2.79. The third-order valence-electron chi connectivity index (χ3n) is 2.79. The van der Waals surface area contributed by atoms with E-state index < -0.39 is 30.6 Å². The second-order valence-corrected chi connectivity index (χ2v) is 4.66. The van der Waals surface area contributed by atoms with Gasteiger partial charge in [-0.05, 0) is 5.56 Å². The Morgan fingerprint density at radius 1 is 1.13 bits per heavy atom. The molecule has 0 spiro atoms. The van der Waals surface area contributed by atoms with Gasteiger partial charge in [0.15, 0.2) is 6.61 Å². The molecule has 0 fully saturated rings. The van der Waals surface area contributed by atoms with Gasteiger partial charge >= 0.3 is 12.0 Å². The van der Waals surface area contributed by atoms with Crippen LogP contribution in [0.4, 0.5) is 4.79 Å². The molecule has 23 heavy (non-hydrogen) atoms. The molecule has 0 aliphatic carbocycles. The van der Waals surface area contributed by atoms with Gasteiger partial charge in [-0.1, -0.05) is 30.3 Å². The van der Waals surface area contributed by atoms with E-state index in [0.29, 0.717) is 0 Å². The summed E-state index contributed by atoms with van der Waals surface area (Å²) >= 11 is 0. The van der Waals surface area contributed by atoms with Crippen molar-refractivity contribution in [3.05, 3.63) is 35.9 Å². The number of nitrogens with one attached hydrogen (secondary N) is 3. The molecule has 8 heteroatoms. The highest BCUT2D eigenvalue weighted by molar-refractivity contribution is 5.95. The molecule has 1 rings (SSSR count). The minimum atomic E-state index is -0.742. The SMILES string of the molecule is CNC(=O)NC(=O)COC(=O)C[C@@H](NC(C)=O)c1ccccc1. The molecular weight excluding hydrogens is 302 g/mol. The molecule has 0 radical (unpaired) electrons. The number of carbonyl (C=O) groups is 4. The van der Waals surface area contributed by atoms with E-state index in [-0.39, 0.29) is 12.3 Å². The lowest BCUT2D eigenvalue weighted by Crippen LogP contribution is -2.40. The first-order valence-corrected chi connectivity index (χ1v) is 6.91.